The second-order valence-electron chi connectivity index (χ2n) is 4.20. The number of aryl methyl sites for hydroxylation is 1. The quantitative estimate of drug-likeness (QED) is 0.837. The van der Waals surface area contributed by atoms with Gasteiger partial charge >= 0.3 is 0 Å². The van der Waals surface area contributed by atoms with E-state index < -0.39 is 10.0 Å². The maximum Gasteiger partial charge on any atom is 0.262 e. The predicted molar refractivity (Wildman–Crippen MR) is 75.0 cm³/mol. The van der Waals surface area contributed by atoms with Gasteiger partial charge in [-0.1, -0.05) is 0 Å². The first-order valence-corrected chi connectivity index (χ1v) is 8.39. The molecule has 0 aromatic carbocycles. The molecule has 0 bridgehead atoms. The molecule has 1 heterocycles. The second kappa shape index (κ2) is 5.94. The second-order valence-corrected chi connectivity index (χ2v) is 7.10. The zero-order chi connectivity index (χ0) is 13.9. The number of sulfonamides is 1. The van der Waals surface area contributed by atoms with Gasteiger partial charge in [0.15, 0.2) is 10.8 Å². The van der Waals surface area contributed by atoms with Crippen molar-refractivity contribution in [2.45, 2.75) is 24.4 Å². The summed E-state index contributed by atoms with van der Waals surface area (Å²) in [5, 5.41) is 0.0565. The Kier molecular flexibility index (Phi) is 5.06. The molecule has 1 unspecified atom stereocenters. The van der Waals surface area contributed by atoms with Crippen LogP contribution >= 0.6 is 11.8 Å². The molecule has 0 aliphatic carbocycles. The maximum atomic E-state index is 12.4. The lowest BCUT2D eigenvalue weighted by Crippen LogP contribution is -2.36. The standard InChI is InChI=1S/C10H20N4O2S2/c1-8(5-6-17-4)14(3)18(15,16)10-9(11)12-7-13(10)2/h7-8H,5-6,11H2,1-4H3. The molecule has 1 aromatic rings. The highest BCUT2D eigenvalue weighted by atomic mass is 32.2. The number of aromatic nitrogens is 2. The fourth-order valence-electron chi connectivity index (χ4n) is 1.59. The SMILES string of the molecule is CSCCC(C)N(C)S(=O)(=O)c1c(N)ncn1C. The smallest absolute Gasteiger partial charge is 0.262 e. The molecule has 8 heteroatoms. The average Bonchev–Trinajstić information content (AvgIpc) is 2.65. The molecule has 0 radical (unpaired) electrons. The third-order valence-electron chi connectivity index (χ3n) is 2.89. The Labute approximate surface area is 113 Å². The lowest BCUT2D eigenvalue weighted by molar-refractivity contribution is 0.379. The first kappa shape index (κ1) is 15.3. The molecular formula is C10H20N4O2S2. The Balaban J connectivity index is 3.00. The third kappa shape index (κ3) is 2.99. The molecule has 2 N–H and O–H groups in total. The fraction of sp³-hybridized carbons (Fsp3) is 0.700. The molecule has 0 amide bonds. The Bertz CT molecular complexity index is 478. The van der Waals surface area contributed by atoms with Crippen LogP contribution in [0.25, 0.3) is 0 Å². The molecule has 0 spiro atoms. The monoisotopic (exact) mass is 292 g/mol. The van der Waals surface area contributed by atoms with E-state index in [0.717, 1.165) is 12.2 Å². The van der Waals surface area contributed by atoms with Crippen LogP contribution in [0.2, 0.25) is 0 Å². The van der Waals surface area contributed by atoms with Gasteiger partial charge in [0.1, 0.15) is 0 Å². The molecule has 0 saturated heterocycles. The number of anilines is 1. The van der Waals surface area contributed by atoms with Gasteiger partial charge in [0, 0.05) is 20.1 Å². The van der Waals surface area contributed by atoms with E-state index in [1.807, 2.05) is 13.2 Å². The summed E-state index contributed by atoms with van der Waals surface area (Å²) in [5.74, 6) is 0.962. The maximum absolute atomic E-state index is 12.4. The van der Waals surface area contributed by atoms with E-state index in [4.69, 9.17) is 5.73 Å². The Morgan fingerprint density at radius 1 is 1.61 bits per heavy atom. The Morgan fingerprint density at radius 2 is 2.22 bits per heavy atom. The minimum absolute atomic E-state index is 0.0430. The number of rotatable bonds is 6. The first-order chi connectivity index (χ1) is 8.32. The summed E-state index contributed by atoms with van der Waals surface area (Å²) >= 11 is 1.70. The number of thioether (sulfide) groups is 1. The van der Waals surface area contributed by atoms with E-state index in [1.165, 1.54) is 15.2 Å². The number of hydrogen-bond donors (Lipinski definition) is 1. The number of hydrogen-bond acceptors (Lipinski definition) is 5. The summed E-state index contributed by atoms with van der Waals surface area (Å²) in [7, 11) is -0.389. The van der Waals surface area contributed by atoms with Crippen LogP contribution in [0.5, 0.6) is 0 Å². The lowest BCUT2D eigenvalue weighted by Gasteiger charge is -2.24. The van der Waals surface area contributed by atoms with E-state index >= 15 is 0 Å². The zero-order valence-corrected chi connectivity index (χ0v) is 12.8. The van der Waals surface area contributed by atoms with Crippen LogP contribution in [0.4, 0.5) is 5.82 Å². The van der Waals surface area contributed by atoms with Gasteiger partial charge in [0.25, 0.3) is 10.0 Å². The van der Waals surface area contributed by atoms with E-state index in [0.29, 0.717) is 0 Å². The molecule has 6 nitrogen and oxygen atoms in total. The van der Waals surface area contributed by atoms with Crippen LogP contribution in [0, 0.1) is 0 Å². The lowest BCUT2D eigenvalue weighted by atomic mass is 10.3. The van der Waals surface area contributed by atoms with Crippen molar-refractivity contribution in [1.29, 1.82) is 0 Å². The summed E-state index contributed by atoms with van der Waals surface area (Å²) in [6.45, 7) is 1.89. The van der Waals surface area contributed by atoms with Gasteiger partial charge < -0.3 is 10.3 Å². The van der Waals surface area contributed by atoms with Gasteiger partial charge in [0.05, 0.1) is 6.33 Å². The van der Waals surface area contributed by atoms with Crippen LogP contribution in [-0.2, 0) is 17.1 Å². The molecule has 0 saturated carbocycles. The minimum Gasteiger partial charge on any atom is -0.381 e. The minimum atomic E-state index is -3.59. The van der Waals surface area contributed by atoms with E-state index in [2.05, 4.69) is 4.98 Å². The molecule has 104 valence electrons. The van der Waals surface area contributed by atoms with E-state index in [1.54, 1.807) is 25.9 Å². The van der Waals surface area contributed by atoms with Gasteiger partial charge in [-0.05, 0) is 25.4 Å². The topological polar surface area (TPSA) is 81.2 Å². The van der Waals surface area contributed by atoms with E-state index in [9.17, 15) is 8.42 Å². The Hall–Kier alpha value is -0.730. The van der Waals surface area contributed by atoms with Gasteiger partial charge in [-0.25, -0.2) is 13.4 Å². The van der Waals surface area contributed by atoms with Crippen molar-refractivity contribution >= 4 is 27.6 Å². The molecule has 1 rings (SSSR count). The molecule has 1 aromatic heterocycles. The van der Waals surface area contributed by atoms with Gasteiger partial charge in [-0.15, -0.1) is 0 Å². The highest BCUT2D eigenvalue weighted by molar-refractivity contribution is 7.98. The van der Waals surface area contributed by atoms with Crippen molar-refractivity contribution in [3.8, 4) is 0 Å². The highest BCUT2D eigenvalue weighted by Crippen LogP contribution is 2.22. The zero-order valence-electron chi connectivity index (χ0n) is 11.1. The van der Waals surface area contributed by atoms with Crippen molar-refractivity contribution in [3.05, 3.63) is 6.33 Å². The largest absolute Gasteiger partial charge is 0.381 e. The molecule has 0 aliphatic heterocycles. The van der Waals surface area contributed by atoms with Crippen molar-refractivity contribution in [1.82, 2.24) is 13.9 Å². The number of nitrogens with two attached hydrogens (primary N) is 1. The summed E-state index contributed by atoms with van der Waals surface area (Å²) in [6.07, 6.45) is 4.21. The van der Waals surface area contributed by atoms with Crippen molar-refractivity contribution in [3.63, 3.8) is 0 Å². The number of imidazole rings is 1. The van der Waals surface area contributed by atoms with Crippen LogP contribution in [0.3, 0.4) is 0 Å². The summed E-state index contributed by atoms with van der Waals surface area (Å²) < 4.78 is 27.6. The Morgan fingerprint density at radius 3 is 2.67 bits per heavy atom. The number of nitrogen functional groups attached to an aromatic ring is 1. The van der Waals surface area contributed by atoms with Crippen molar-refractivity contribution in [2.75, 3.05) is 24.8 Å². The molecule has 1 atom stereocenters. The summed E-state index contributed by atoms with van der Waals surface area (Å²) in [5.41, 5.74) is 5.62. The third-order valence-corrected chi connectivity index (χ3v) is 5.64. The van der Waals surface area contributed by atoms with Gasteiger partial charge in [0.2, 0.25) is 0 Å². The van der Waals surface area contributed by atoms with Crippen LogP contribution < -0.4 is 5.73 Å². The molecule has 0 aliphatic rings. The fourth-order valence-corrected chi connectivity index (χ4v) is 3.75. The normalized spacial score (nSPS) is 14.1. The highest BCUT2D eigenvalue weighted by Gasteiger charge is 2.30. The molecular weight excluding hydrogens is 272 g/mol. The predicted octanol–water partition coefficient (Wildman–Crippen LogP) is 0.764. The van der Waals surface area contributed by atoms with Crippen LogP contribution in [0.15, 0.2) is 11.4 Å². The van der Waals surface area contributed by atoms with Gasteiger partial charge in [-0.2, -0.15) is 16.1 Å². The average molecular weight is 292 g/mol. The van der Waals surface area contributed by atoms with Crippen molar-refractivity contribution in [2.24, 2.45) is 7.05 Å². The van der Waals surface area contributed by atoms with Crippen molar-refractivity contribution < 1.29 is 8.42 Å². The molecule has 18 heavy (non-hydrogen) atoms. The number of nitrogens with zero attached hydrogens (tertiary/aromatic N) is 3. The summed E-state index contributed by atoms with van der Waals surface area (Å²) in [4.78, 5) is 3.82. The van der Waals surface area contributed by atoms with Crippen LogP contribution in [0.1, 0.15) is 13.3 Å². The molecule has 0 fully saturated rings. The first-order valence-electron chi connectivity index (χ1n) is 5.56. The van der Waals surface area contributed by atoms with Crippen LogP contribution in [-0.4, -0.2) is 47.4 Å². The van der Waals surface area contributed by atoms with E-state index in [-0.39, 0.29) is 16.9 Å². The summed E-state index contributed by atoms with van der Waals surface area (Å²) in [6, 6.07) is -0.0725. The van der Waals surface area contributed by atoms with Gasteiger partial charge in [-0.3, -0.25) is 0 Å².